The maximum absolute atomic E-state index is 12.2. The summed E-state index contributed by atoms with van der Waals surface area (Å²) in [5.74, 6) is 3.36. The minimum Gasteiger partial charge on any atom is -0.481 e. The van der Waals surface area contributed by atoms with E-state index in [1.165, 1.54) is 71.1 Å². The smallest absolute Gasteiger partial charge is 0.303 e. The first-order chi connectivity index (χ1) is 15.1. The van der Waals surface area contributed by atoms with Crippen LogP contribution in [0.2, 0.25) is 0 Å². The van der Waals surface area contributed by atoms with Crippen LogP contribution in [0.25, 0.3) is 0 Å². The zero-order valence-electron chi connectivity index (χ0n) is 20.7. The molecule has 0 aliphatic heterocycles. The lowest BCUT2D eigenvalue weighted by Gasteiger charge is -2.60. The third-order valence-electron chi connectivity index (χ3n) is 9.91. The van der Waals surface area contributed by atoms with Crippen LogP contribution in [0.5, 0.6) is 0 Å². The lowest BCUT2D eigenvalue weighted by Crippen LogP contribution is -2.53. The second-order valence-electron chi connectivity index (χ2n) is 11.5. The number of aliphatic carboxylic acids is 1. The molecule has 4 fully saturated rings. The molecule has 4 aliphatic carbocycles. The summed E-state index contributed by atoms with van der Waals surface area (Å²) in [5.41, 5.74) is 0.974. The number of rotatable bonds is 5. The molecule has 0 aromatic carbocycles. The van der Waals surface area contributed by atoms with Gasteiger partial charge in [0.2, 0.25) is 0 Å². The number of ketones is 1. The van der Waals surface area contributed by atoms with Crippen LogP contribution in [0.4, 0.5) is 0 Å². The van der Waals surface area contributed by atoms with Crippen molar-refractivity contribution in [1.29, 1.82) is 0 Å². The first-order valence-corrected chi connectivity index (χ1v) is 12.9. The largest absolute Gasteiger partial charge is 0.481 e. The molecule has 0 aromatic rings. The quantitative estimate of drug-likeness (QED) is 0.410. The minimum atomic E-state index is -0.868. The van der Waals surface area contributed by atoms with Crippen molar-refractivity contribution in [2.75, 3.05) is 6.61 Å². The molecular weight excluding hydrogens is 404 g/mol. The molecule has 0 heterocycles. The molecule has 0 unspecified atom stereocenters. The van der Waals surface area contributed by atoms with E-state index >= 15 is 0 Å². The van der Waals surface area contributed by atoms with Crippen LogP contribution in [0.15, 0.2) is 0 Å². The van der Waals surface area contributed by atoms with E-state index in [1.807, 2.05) is 6.92 Å². The zero-order valence-corrected chi connectivity index (χ0v) is 20.7. The Morgan fingerprint density at radius 1 is 0.875 bits per heavy atom. The fourth-order valence-corrected chi connectivity index (χ4v) is 8.40. The standard InChI is InChI=1S/C21H34O.C6H10O4/c1-14(22)17-9-10-18-16-8-7-15-6-4-5-12-20(15,2)19(16)11-13-21(17,18)3;1-5(7)10-4-2-3-6(8)9/h15-19H,4-13H2,1-3H3;2-4H2,1H3,(H,8,9)/t15-,16+,17-,18+,19+,20+,21-;/m1./s1. The molecule has 4 aliphatic rings. The summed E-state index contributed by atoms with van der Waals surface area (Å²) >= 11 is 0. The van der Waals surface area contributed by atoms with Gasteiger partial charge in [-0.05, 0) is 99.2 Å². The zero-order chi connectivity index (χ0) is 23.5. The highest BCUT2D eigenvalue weighted by atomic mass is 16.5. The van der Waals surface area contributed by atoms with E-state index < -0.39 is 5.97 Å². The number of hydrogen-bond acceptors (Lipinski definition) is 4. The summed E-state index contributed by atoms with van der Waals surface area (Å²) in [5, 5.41) is 8.14. The van der Waals surface area contributed by atoms with Crippen LogP contribution in [-0.2, 0) is 19.1 Å². The molecule has 0 aromatic heterocycles. The highest BCUT2D eigenvalue weighted by Crippen LogP contribution is 2.67. The summed E-state index contributed by atoms with van der Waals surface area (Å²) < 4.78 is 4.49. The first kappa shape index (κ1) is 25.2. The van der Waals surface area contributed by atoms with Crippen molar-refractivity contribution >= 4 is 17.7 Å². The highest BCUT2D eigenvalue weighted by molar-refractivity contribution is 5.79. The number of carbonyl (C=O) groups excluding carboxylic acids is 2. The van der Waals surface area contributed by atoms with Gasteiger partial charge in [0.25, 0.3) is 0 Å². The SMILES string of the molecule is CC(=O)OCCCC(=O)O.CC(=O)[C@H]1CC[C@H]2[C@@H]3CC[C@H]4CCCC[C@]4(C)[C@H]3CC[C@]12C. The first-order valence-electron chi connectivity index (χ1n) is 12.9. The van der Waals surface area contributed by atoms with Crippen molar-refractivity contribution in [3.8, 4) is 0 Å². The number of Topliss-reactive ketones (excluding diaryl/α,β-unsaturated/α-hetero) is 1. The van der Waals surface area contributed by atoms with Crippen LogP contribution >= 0.6 is 0 Å². The third-order valence-corrected chi connectivity index (χ3v) is 9.91. The molecule has 0 spiro atoms. The summed E-state index contributed by atoms with van der Waals surface area (Å²) in [6.07, 6.45) is 14.6. The van der Waals surface area contributed by atoms with Crippen molar-refractivity contribution in [2.45, 2.75) is 105 Å². The minimum absolute atomic E-state index is 0.0489. The number of carboxylic acids is 1. The second-order valence-corrected chi connectivity index (χ2v) is 11.5. The van der Waals surface area contributed by atoms with Gasteiger partial charge in [0.15, 0.2) is 0 Å². The Hall–Kier alpha value is -1.39. The summed E-state index contributed by atoms with van der Waals surface area (Å²) in [4.78, 5) is 32.2. The van der Waals surface area contributed by atoms with Crippen LogP contribution in [-0.4, -0.2) is 29.4 Å². The molecule has 0 bridgehead atoms. The Labute approximate surface area is 194 Å². The lowest BCUT2D eigenvalue weighted by atomic mass is 9.45. The molecule has 4 saturated carbocycles. The van der Waals surface area contributed by atoms with Gasteiger partial charge in [-0.1, -0.05) is 26.7 Å². The summed E-state index contributed by atoms with van der Waals surface area (Å²) in [7, 11) is 0. The molecule has 5 nitrogen and oxygen atoms in total. The number of esters is 1. The van der Waals surface area contributed by atoms with Crippen molar-refractivity contribution < 1.29 is 24.2 Å². The van der Waals surface area contributed by atoms with Crippen molar-refractivity contribution in [2.24, 2.45) is 40.4 Å². The van der Waals surface area contributed by atoms with Crippen molar-refractivity contribution in [3.05, 3.63) is 0 Å². The lowest BCUT2D eigenvalue weighted by molar-refractivity contribution is -0.143. The monoisotopic (exact) mass is 448 g/mol. The van der Waals surface area contributed by atoms with Gasteiger partial charge < -0.3 is 9.84 Å². The number of carboxylic acid groups (broad SMARTS) is 1. The van der Waals surface area contributed by atoms with E-state index in [9.17, 15) is 14.4 Å². The normalized spacial score (nSPS) is 40.1. The van der Waals surface area contributed by atoms with Gasteiger partial charge in [-0.25, -0.2) is 0 Å². The molecule has 0 radical (unpaired) electrons. The molecule has 4 rings (SSSR count). The van der Waals surface area contributed by atoms with Crippen LogP contribution < -0.4 is 0 Å². The molecule has 5 heteroatoms. The van der Waals surface area contributed by atoms with Gasteiger partial charge in [-0.15, -0.1) is 0 Å². The van der Waals surface area contributed by atoms with E-state index in [2.05, 4.69) is 18.6 Å². The average Bonchev–Trinajstić information content (AvgIpc) is 3.08. The second kappa shape index (κ2) is 10.3. The number of hydrogen-bond donors (Lipinski definition) is 1. The van der Waals surface area contributed by atoms with E-state index in [0.29, 0.717) is 29.0 Å². The van der Waals surface area contributed by atoms with Crippen LogP contribution in [0.1, 0.15) is 105 Å². The molecule has 32 heavy (non-hydrogen) atoms. The Morgan fingerprint density at radius 2 is 1.59 bits per heavy atom. The Bertz CT molecular complexity index is 686. The van der Waals surface area contributed by atoms with E-state index in [0.717, 1.165) is 23.7 Å². The predicted octanol–water partition coefficient (Wildman–Crippen LogP) is 6.04. The van der Waals surface area contributed by atoms with Gasteiger partial charge in [-0.3, -0.25) is 14.4 Å². The van der Waals surface area contributed by atoms with Crippen molar-refractivity contribution in [3.63, 3.8) is 0 Å². The molecule has 1 N–H and O–H groups in total. The molecular formula is C27H44O5. The van der Waals surface area contributed by atoms with E-state index in [4.69, 9.17) is 5.11 Å². The molecule has 0 saturated heterocycles. The topological polar surface area (TPSA) is 80.7 Å². The summed E-state index contributed by atoms with van der Waals surface area (Å²) in [6, 6.07) is 0. The van der Waals surface area contributed by atoms with E-state index in [-0.39, 0.29) is 19.0 Å². The fraction of sp³-hybridized carbons (Fsp3) is 0.889. The maximum atomic E-state index is 12.2. The number of carbonyl (C=O) groups is 3. The fourth-order valence-electron chi connectivity index (χ4n) is 8.40. The van der Waals surface area contributed by atoms with E-state index in [1.54, 1.807) is 0 Å². The van der Waals surface area contributed by atoms with Crippen LogP contribution in [0.3, 0.4) is 0 Å². The third kappa shape index (κ3) is 5.07. The Balaban J connectivity index is 0.000000247. The van der Waals surface area contributed by atoms with Crippen LogP contribution in [0, 0.1) is 40.4 Å². The van der Waals surface area contributed by atoms with Gasteiger partial charge in [0.05, 0.1) is 6.61 Å². The van der Waals surface area contributed by atoms with Gasteiger partial charge in [0.1, 0.15) is 5.78 Å². The Kier molecular flexibility index (Phi) is 8.09. The maximum Gasteiger partial charge on any atom is 0.303 e. The molecule has 0 amide bonds. The van der Waals surface area contributed by atoms with Gasteiger partial charge in [0, 0.05) is 19.3 Å². The van der Waals surface area contributed by atoms with Gasteiger partial charge in [-0.2, -0.15) is 0 Å². The number of ether oxygens (including phenoxy) is 1. The Morgan fingerprint density at radius 3 is 2.25 bits per heavy atom. The molecule has 7 atom stereocenters. The summed E-state index contributed by atoms with van der Waals surface area (Å²) in [6.45, 7) is 8.46. The highest BCUT2D eigenvalue weighted by Gasteiger charge is 2.60. The molecule has 182 valence electrons. The van der Waals surface area contributed by atoms with Gasteiger partial charge >= 0.3 is 11.9 Å². The van der Waals surface area contributed by atoms with Crippen molar-refractivity contribution in [1.82, 2.24) is 0 Å². The number of fused-ring (bicyclic) bond motifs is 5. The predicted molar refractivity (Wildman–Crippen MR) is 124 cm³/mol. The average molecular weight is 449 g/mol.